The van der Waals surface area contributed by atoms with Gasteiger partial charge in [-0.25, -0.2) is 0 Å². The van der Waals surface area contributed by atoms with Crippen LogP contribution in [0.4, 0.5) is 0 Å². The van der Waals surface area contributed by atoms with Crippen molar-refractivity contribution in [3.05, 3.63) is 12.2 Å². The van der Waals surface area contributed by atoms with E-state index in [1.165, 1.54) is 19.3 Å². The van der Waals surface area contributed by atoms with E-state index in [9.17, 15) is 0 Å². The minimum Gasteiger partial charge on any atom is -0.481 e. The maximum absolute atomic E-state index is 9.00. The van der Waals surface area contributed by atoms with Crippen molar-refractivity contribution in [2.45, 2.75) is 46.0 Å². The minimum atomic E-state index is -0.833. The molecule has 0 saturated heterocycles. The van der Waals surface area contributed by atoms with Gasteiger partial charge < -0.3 is 10.2 Å². The van der Waals surface area contributed by atoms with Crippen LogP contribution in [-0.2, 0) is 4.79 Å². The monoisotopic (exact) mass is 202 g/mol. The molecule has 14 heavy (non-hydrogen) atoms. The summed E-state index contributed by atoms with van der Waals surface area (Å²) in [6.07, 6.45) is 10.1. The molecule has 84 valence electrons. The van der Waals surface area contributed by atoms with Crippen LogP contribution >= 0.6 is 0 Å². The van der Waals surface area contributed by atoms with Crippen LogP contribution in [0, 0.1) is 0 Å². The predicted octanol–water partition coefficient (Wildman–Crippen LogP) is 2.60. The lowest BCUT2D eigenvalue weighted by molar-refractivity contribution is -0.134. The highest BCUT2D eigenvalue weighted by atomic mass is 16.4. The van der Waals surface area contributed by atoms with Gasteiger partial charge in [-0.3, -0.25) is 4.79 Å². The summed E-state index contributed by atoms with van der Waals surface area (Å²) >= 11 is 0. The lowest BCUT2D eigenvalue weighted by atomic mass is 10.2. The molecule has 0 aliphatic carbocycles. The average molecular weight is 202 g/mol. The standard InChI is InChI=1S/C9H18O.C2H4O2/c1-2-3-4-5-6-7-8-9-10;1-2(3)4/h5-6,10H,2-4,7-9H2,1H3;1H3,(H,3,4). The second-order valence-corrected chi connectivity index (χ2v) is 3.00. The molecule has 2 N–H and O–H groups in total. The molecule has 0 bridgehead atoms. The second-order valence-electron chi connectivity index (χ2n) is 3.00. The molecular formula is C11H22O3. The van der Waals surface area contributed by atoms with Gasteiger partial charge in [-0.2, -0.15) is 0 Å². The molecule has 0 rings (SSSR count). The Balaban J connectivity index is 0. The van der Waals surface area contributed by atoms with E-state index in [1.807, 2.05) is 0 Å². The Bertz CT molecular complexity index is 127. The summed E-state index contributed by atoms with van der Waals surface area (Å²) in [6, 6.07) is 0. The van der Waals surface area contributed by atoms with Crippen molar-refractivity contribution >= 4 is 5.97 Å². The van der Waals surface area contributed by atoms with E-state index in [0.717, 1.165) is 19.8 Å². The van der Waals surface area contributed by atoms with E-state index in [4.69, 9.17) is 15.0 Å². The van der Waals surface area contributed by atoms with Gasteiger partial charge in [0, 0.05) is 13.5 Å². The first-order chi connectivity index (χ1) is 6.65. The van der Waals surface area contributed by atoms with E-state index >= 15 is 0 Å². The van der Waals surface area contributed by atoms with Crippen LogP contribution in [0.2, 0.25) is 0 Å². The summed E-state index contributed by atoms with van der Waals surface area (Å²) in [5, 5.41) is 15.9. The number of hydrogen-bond donors (Lipinski definition) is 2. The molecule has 0 aliphatic rings. The number of aliphatic hydroxyl groups excluding tert-OH is 1. The summed E-state index contributed by atoms with van der Waals surface area (Å²) in [6.45, 7) is 3.60. The zero-order chi connectivity index (χ0) is 11.2. The molecule has 0 radical (unpaired) electrons. The van der Waals surface area contributed by atoms with Gasteiger partial charge in [-0.15, -0.1) is 0 Å². The van der Waals surface area contributed by atoms with E-state index < -0.39 is 5.97 Å². The highest BCUT2D eigenvalue weighted by Crippen LogP contribution is 1.97. The van der Waals surface area contributed by atoms with Gasteiger partial charge in [-0.05, 0) is 19.3 Å². The maximum Gasteiger partial charge on any atom is 0.300 e. The van der Waals surface area contributed by atoms with Gasteiger partial charge in [-0.1, -0.05) is 31.9 Å². The highest BCUT2D eigenvalue weighted by molar-refractivity contribution is 5.62. The summed E-state index contributed by atoms with van der Waals surface area (Å²) in [5.74, 6) is -0.833. The Hall–Kier alpha value is -0.830. The molecule has 0 amide bonds. The van der Waals surface area contributed by atoms with Crippen molar-refractivity contribution in [2.75, 3.05) is 6.61 Å². The first-order valence-electron chi connectivity index (χ1n) is 5.10. The SMILES string of the molecule is CC(=O)O.CCCCC=CCCCO. The first-order valence-corrected chi connectivity index (χ1v) is 5.10. The fraction of sp³-hybridized carbons (Fsp3) is 0.727. The van der Waals surface area contributed by atoms with Crippen LogP contribution < -0.4 is 0 Å². The van der Waals surface area contributed by atoms with Crippen molar-refractivity contribution < 1.29 is 15.0 Å². The summed E-state index contributed by atoms with van der Waals surface area (Å²) in [5.41, 5.74) is 0. The fourth-order valence-electron chi connectivity index (χ4n) is 0.767. The smallest absolute Gasteiger partial charge is 0.300 e. The summed E-state index contributed by atoms with van der Waals surface area (Å²) in [4.78, 5) is 9.00. The lowest BCUT2D eigenvalue weighted by Gasteiger charge is -1.89. The number of aliphatic hydroxyl groups is 1. The van der Waals surface area contributed by atoms with Crippen LogP contribution in [0.3, 0.4) is 0 Å². The van der Waals surface area contributed by atoms with Gasteiger partial charge in [0.15, 0.2) is 0 Å². The number of carbonyl (C=O) groups is 1. The Morgan fingerprint density at radius 3 is 2.00 bits per heavy atom. The fourth-order valence-corrected chi connectivity index (χ4v) is 0.767. The lowest BCUT2D eigenvalue weighted by Crippen LogP contribution is -1.78. The van der Waals surface area contributed by atoms with E-state index in [0.29, 0.717) is 6.61 Å². The van der Waals surface area contributed by atoms with Gasteiger partial charge in [0.2, 0.25) is 0 Å². The Kier molecular flexibility index (Phi) is 16.4. The Labute approximate surface area is 86.5 Å². The largest absolute Gasteiger partial charge is 0.481 e. The van der Waals surface area contributed by atoms with Crippen molar-refractivity contribution in [1.82, 2.24) is 0 Å². The average Bonchev–Trinajstić information content (AvgIpc) is 2.10. The summed E-state index contributed by atoms with van der Waals surface area (Å²) < 4.78 is 0. The number of aliphatic carboxylic acids is 1. The topological polar surface area (TPSA) is 57.5 Å². The Morgan fingerprint density at radius 2 is 1.64 bits per heavy atom. The van der Waals surface area contributed by atoms with Crippen molar-refractivity contribution in [1.29, 1.82) is 0 Å². The third kappa shape index (κ3) is 30.3. The van der Waals surface area contributed by atoms with Gasteiger partial charge in [0.05, 0.1) is 0 Å². The molecule has 0 aromatic heterocycles. The van der Waals surface area contributed by atoms with Gasteiger partial charge >= 0.3 is 0 Å². The third-order valence-corrected chi connectivity index (χ3v) is 1.42. The molecule has 0 heterocycles. The van der Waals surface area contributed by atoms with Gasteiger partial charge in [0.1, 0.15) is 0 Å². The van der Waals surface area contributed by atoms with E-state index in [-0.39, 0.29) is 0 Å². The third-order valence-electron chi connectivity index (χ3n) is 1.42. The molecule has 0 saturated carbocycles. The predicted molar refractivity (Wildman–Crippen MR) is 58.3 cm³/mol. The van der Waals surface area contributed by atoms with Crippen LogP contribution in [0.1, 0.15) is 46.0 Å². The zero-order valence-electron chi connectivity index (χ0n) is 9.20. The number of hydrogen-bond acceptors (Lipinski definition) is 2. The second kappa shape index (κ2) is 14.7. The number of rotatable bonds is 6. The molecule has 0 aliphatic heterocycles. The molecule has 3 heteroatoms. The molecule has 0 aromatic rings. The maximum atomic E-state index is 9.00. The minimum absolute atomic E-state index is 0.318. The molecule has 0 atom stereocenters. The van der Waals surface area contributed by atoms with E-state index in [2.05, 4.69) is 19.1 Å². The van der Waals surface area contributed by atoms with E-state index in [1.54, 1.807) is 0 Å². The molecule has 0 unspecified atom stereocenters. The van der Waals surface area contributed by atoms with Crippen molar-refractivity contribution in [2.24, 2.45) is 0 Å². The van der Waals surface area contributed by atoms with Gasteiger partial charge in [0.25, 0.3) is 5.97 Å². The molecule has 0 spiro atoms. The van der Waals surface area contributed by atoms with Crippen molar-refractivity contribution in [3.8, 4) is 0 Å². The summed E-state index contributed by atoms with van der Waals surface area (Å²) in [7, 11) is 0. The number of allylic oxidation sites excluding steroid dienone is 2. The normalized spacial score (nSPS) is 9.64. The van der Waals surface area contributed by atoms with Crippen LogP contribution in [0.25, 0.3) is 0 Å². The van der Waals surface area contributed by atoms with Crippen LogP contribution in [0.5, 0.6) is 0 Å². The first kappa shape index (κ1) is 15.6. The number of unbranched alkanes of at least 4 members (excludes halogenated alkanes) is 3. The molecule has 0 fully saturated rings. The van der Waals surface area contributed by atoms with Crippen molar-refractivity contribution in [3.63, 3.8) is 0 Å². The Morgan fingerprint density at radius 1 is 1.21 bits per heavy atom. The molecular weight excluding hydrogens is 180 g/mol. The quantitative estimate of drug-likeness (QED) is 0.514. The highest BCUT2D eigenvalue weighted by Gasteiger charge is 1.79. The van der Waals surface area contributed by atoms with Crippen LogP contribution in [0.15, 0.2) is 12.2 Å². The molecule has 0 aromatic carbocycles. The zero-order valence-corrected chi connectivity index (χ0v) is 9.20. The van der Waals surface area contributed by atoms with Crippen LogP contribution in [-0.4, -0.2) is 22.8 Å². The number of carboxylic acid groups (broad SMARTS) is 1. The molecule has 3 nitrogen and oxygen atoms in total. The number of carboxylic acids is 1.